The SMILES string of the molecule is CC=O.CNc1ccc(S(=O)Nc2nc3ccccc3nc2Nc2cccc3ccccc23)cc1. The van der Waals surface area contributed by atoms with Crippen LogP contribution in [0.4, 0.5) is 23.0 Å². The van der Waals surface area contributed by atoms with E-state index in [9.17, 15) is 4.21 Å². The van der Waals surface area contributed by atoms with Gasteiger partial charge in [0.05, 0.1) is 15.9 Å². The zero-order valence-corrected chi connectivity index (χ0v) is 20.2. The molecule has 0 aliphatic carbocycles. The molecule has 0 amide bonds. The van der Waals surface area contributed by atoms with Crippen LogP contribution in [0, 0.1) is 0 Å². The van der Waals surface area contributed by atoms with Crippen LogP contribution in [0.15, 0.2) is 95.9 Å². The van der Waals surface area contributed by atoms with E-state index >= 15 is 0 Å². The van der Waals surface area contributed by atoms with Gasteiger partial charge in [-0.1, -0.05) is 48.5 Å². The molecule has 176 valence electrons. The highest BCUT2D eigenvalue weighted by Gasteiger charge is 2.14. The Hall–Kier alpha value is -4.30. The highest BCUT2D eigenvalue weighted by Crippen LogP contribution is 2.30. The van der Waals surface area contributed by atoms with Gasteiger partial charge in [0.15, 0.2) is 22.6 Å². The van der Waals surface area contributed by atoms with Crippen LogP contribution in [0.2, 0.25) is 0 Å². The van der Waals surface area contributed by atoms with Crippen LogP contribution in [0.1, 0.15) is 6.92 Å². The fraction of sp³-hybridized carbons (Fsp3) is 0.0741. The van der Waals surface area contributed by atoms with E-state index in [1.165, 1.54) is 6.92 Å². The minimum Gasteiger partial charge on any atom is -0.388 e. The van der Waals surface area contributed by atoms with Crippen LogP contribution in [0.25, 0.3) is 21.8 Å². The first-order valence-electron chi connectivity index (χ1n) is 11.0. The summed E-state index contributed by atoms with van der Waals surface area (Å²) in [5, 5.41) is 8.65. The summed E-state index contributed by atoms with van der Waals surface area (Å²) in [5.41, 5.74) is 3.33. The highest BCUT2D eigenvalue weighted by atomic mass is 32.2. The number of nitrogens with one attached hydrogen (secondary N) is 3. The number of rotatable bonds is 6. The lowest BCUT2D eigenvalue weighted by atomic mass is 10.1. The summed E-state index contributed by atoms with van der Waals surface area (Å²) < 4.78 is 16.1. The van der Waals surface area contributed by atoms with Gasteiger partial charge in [-0.15, -0.1) is 0 Å². The Morgan fingerprint density at radius 2 is 1.37 bits per heavy atom. The second-order valence-electron chi connectivity index (χ2n) is 7.44. The number of para-hydroxylation sites is 2. The predicted octanol–water partition coefficient (Wildman–Crippen LogP) is 5.91. The van der Waals surface area contributed by atoms with Crippen molar-refractivity contribution in [1.82, 2.24) is 9.97 Å². The van der Waals surface area contributed by atoms with Crippen LogP contribution in [-0.4, -0.2) is 27.5 Å². The van der Waals surface area contributed by atoms with Crippen molar-refractivity contribution in [3.63, 3.8) is 0 Å². The third kappa shape index (κ3) is 5.62. The number of nitrogens with zero attached hydrogens (tertiary/aromatic N) is 2. The third-order valence-corrected chi connectivity index (χ3v) is 6.24. The van der Waals surface area contributed by atoms with Crippen molar-refractivity contribution in [2.24, 2.45) is 0 Å². The molecule has 0 aliphatic heterocycles. The van der Waals surface area contributed by atoms with E-state index in [-0.39, 0.29) is 0 Å². The number of hydrogen-bond acceptors (Lipinski definition) is 6. The van der Waals surface area contributed by atoms with E-state index in [0.717, 1.165) is 39.5 Å². The molecule has 0 fully saturated rings. The van der Waals surface area contributed by atoms with E-state index < -0.39 is 11.0 Å². The fourth-order valence-corrected chi connectivity index (χ4v) is 4.33. The Kier molecular flexibility index (Phi) is 7.64. The first-order valence-corrected chi connectivity index (χ1v) is 12.2. The molecule has 0 saturated carbocycles. The van der Waals surface area contributed by atoms with Crippen LogP contribution in [0.3, 0.4) is 0 Å². The first-order chi connectivity index (χ1) is 17.1. The van der Waals surface area contributed by atoms with Gasteiger partial charge in [0.2, 0.25) is 0 Å². The quantitative estimate of drug-likeness (QED) is 0.260. The zero-order chi connectivity index (χ0) is 24.6. The molecule has 3 N–H and O–H groups in total. The van der Waals surface area contributed by atoms with Crippen molar-refractivity contribution in [3.05, 3.63) is 91.0 Å². The minimum atomic E-state index is -1.50. The van der Waals surface area contributed by atoms with Crippen LogP contribution in [-0.2, 0) is 15.8 Å². The van der Waals surface area contributed by atoms with Crippen LogP contribution >= 0.6 is 0 Å². The minimum absolute atomic E-state index is 0.424. The van der Waals surface area contributed by atoms with Crippen LogP contribution < -0.4 is 15.4 Å². The van der Waals surface area contributed by atoms with Gasteiger partial charge in [-0.05, 0) is 54.8 Å². The number of aldehydes is 1. The summed E-state index contributed by atoms with van der Waals surface area (Å²) in [5.74, 6) is 0.938. The zero-order valence-electron chi connectivity index (χ0n) is 19.4. The molecule has 1 heterocycles. The molecule has 5 rings (SSSR count). The van der Waals surface area contributed by atoms with Gasteiger partial charge in [0.25, 0.3) is 0 Å². The molecule has 4 aromatic carbocycles. The lowest BCUT2D eigenvalue weighted by Gasteiger charge is -2.14. The Morgan fingerprint density at radius 3 is 2.06 bits per heavy atom. The van der Waals surface area contributed by atoms with Gasteiger partial charge in [-0.25, -0.2) is 14.2 Å². The average Bonchev–Trinajstić information content (AvgIpc) is 2.89. The van der Waals surface area contributed by atoms with Gasteiger partial charge in [0, 0.05) is 23.8 Å². The molecule has 7 nitrogen and oxygen atoms in total. The lowest BCUT2D eigenvalue weighted by molar-refractivity contribution is -0.106. The monoisotopic (exact) mass is 483 g/mol. The van der Waals surface area contributed by atoms with Gasteiger partial charge in [-0.3, -0.25) is 4.72 Å². The predicted molar refractivity (Wildman–Crippen MR) is 145 cm³/mol. The van der Waals surface area contributed by atoms with E-state index in [1.54, 1.807) is 0 Å². The van der Waals surface area contributed by atoms with Gasteiger partial charge in [-0.2, -0.15) is 0 Å². The van der Waals surface area contributed by atoms with E-state index in [2.05, 4.69) is 33.6 Å². The topological polar surface area (TPSA) is 96.0 Å². The van der Waals surface area contributed by atoms with Crippen molar-refractivity contribution < 1.29 is 9.00 Å². The molecule has 35 heavy (non-hydrogen) atoms. The van der Waals surface area contributed by atoms with Crippen molar-refractivity contribution >= 4 is 62.1 Å². The Bertz CT molecular complexity index is 1480. The maximum Gasteiger partial charge on any atom is 0.182 e. The summed E-state index contributed by atoms with van der Waals surface area (Å²) in [6.07, 6.45) is 0.750. The molecule has 1 aromatic heterocycles. The summed E-state index contributed by atoms with van der Waals surface area (Å²) in [4.78, 5) is 18.9. The van der Waals surface area contributed by atoms with Crippen molar-refractivity contribution in [1.29, 1.82) is 0 Å². The molecule has 0 aliphatic rings. The first kappa shape index (κ1) is 23.8. The summed E-state index contributed by atoms with van der Waals surface area (Å²) in [7, 11) is 0.344. The Labute approximate surface area is 206 Å². The number of carbonyl (C=O) groups excluding carboxylic acids is 1. The van der Waals surface area contributed by atoms with Crippen molar-refractivity contribution in [3.8, 4) is 0 Å². The third-order valence-electron chi connectivity index (χ3n) is 5.16. The molecule has 0 spiro atoms. The Morgan fingerprint density at radius 1 is 0.771 bits per heavy atom. The van der Waals surface area contributed by atoms with E-state index in [0.29, 0.717) is 16.5 Å². The molecular weight excluding hydrogens is 458 g/mol. The van der Waals surface area contributed by atoms with Crippen molar-refractivity contribution in [2.75, 3.05) is 22.4 Å². The number of hydrogen-bond donors (Lipinski definition) is 3. The van der Waals surface area contributed by atoms with Crippen LogP contribution in [0.5, 0.6) is 0 Å². The van der Waals surface area contributed by atoms with E-state index in [1.807, 2.05) is 79.8 Å². The molecule has 5 aromatic rings. The highest BCUT2D eigenvalue weighted by molar-refractivity contribution is 7.86. The largest absolute Gasteiger partial charge is 0.388 e. The number of anilines is 4. The Balaban J connectivity index is 0.000000917. The fourth-order valence-electron chi connectivity index (χ4n) is 3.51. The molecule has 1 unspecified atom stereocenters. The number of benzene rings is 4. The molecular formula is C27H25N5O2S. The molecule has 1 atom stereocenters. The number of fused-ring (bicyclic) bond motifs is 2. The van der Waals surface area contributed by atoms with Gasteiger partial charge < -0.3 is 15.4 Å². The second-order valence-corrected chi connectivity index (χ2v) is 8.66. The summed E-state index contributed by atoms with van der Waals surface area (Å²) in [6.45, 7) is 1.44. The molecule has 0 radical (unpaired) electrons. The maximum absolute atomic E-state index is 13.1. The summed E-state index contributed by atoms with van der Waals surface area (Å²) >= 11 is 0. The molecule has 8 heteroatoms. The lowest BCUT2D eigenvalue weighted by Crippen LogP contribution is -2.10. The maximum atomic E-state index is 13.1. The average molecular weight is 484 g/mol. The normalized spacial score (nSPS) is 11.3. The van der Waals surface area contributed by atoms with Gasteiger partial charge >= 0.3 is 0 Å². The van der Waals surface area contributed by atoms with Crippen molar-refractivity contribution in [2.45, 2.75) is 11.8 Å². The molecule has 0 bridgehead atoms. The standard InChI is InChI=1S/C25H21N5OS.C2H4O/c1-26-18-13-15-19(16-14-18)32(31)30-25-24(28-22-10-4-5-11-23(22)29-25)27-21-12-6-8-17-7-2-3-9-20(17)21;1-2-3/h2-16,26H,1H3,(H,27,28)(H,29,30);2H,1H3. The van der Waals surface area contributed by atoms with E-state index in [4.69, 9.17) is 14.8 Å². The smallest absolute Gasteiger partial charge is 0.182 e. The number of carbonyl (C=O) groups is 1. The number of aromatic nitrogens is 2. The molecule has 0 saturated heterocycles. The van der Waals surface area contributed by atoms with Gasteiger partial charge in [0.1, 0.15) is 6.29 Å². The summed E-state index contributed by atoms with van der Waals surface area (Å²) in [6, 6.07) is 29.2. The second kappa shape index (κ2) is 11.2.